The predicted molar refractivity (Wildman–Crippen MR) is 142 cm³/mol. The molecule has 2 heterocycles. The van der Waals surface area contributed by atoms with Gasteiger partial charge in [-0.05, 0) is 35.5 Å². The second-order valence-corrected chi connectivity index (χ2v) is 10.8. The average Bonchev–Trinajstić information content (AvgIpc) is 3.50. The van der Waals surface area contributed by atoms with Crippen molar-refractivity contribution in [3.05, 3.63) is 81.8 Å². The van der Waals surface area contributed by atoms with Gasteiger partial charge in [0.05, 0.1) is 0 Å². The summed E-state index contributed by atoms with van der Waals surface area (Å²) < 4.78 is 0. The fourth-order valence-corrected chi connectivity index (χ4v) is 5.86. The summed E-state index contributed by atoms with van der Waals surface area (Å²) in [6.45, 7) is 1.75. The smallest absolute Gasteiger partial charge is 0.205 e. The highest BCUT2D eigenvalue weighted by Crippen LogP contribution is 2.20. The number of aromatic nitrogens is 4. The lowest BCUT2D eigenvalue weighted by Gasteiger charge is -2.02. The highest BCUT2D eigenvalue weighted by Gasteiger charge is 2.06. The zero-order valence-electron chi connectivity index (χ0n) is 18.4. The SMILES string of the molecule is c1ccc(CCNc2nnc(CCSCCc3nnc(NCCc4ccccc4)s3)s2)cc1. The van der Waals surface area contributed by atoms with Crippen LogP contribution in [0.5, 0.6) is 0 Å². The molecular formula is C24H28N6S3. The van der Waals surface area contributed by atoms with Crippen LogP contribution in [-0.4, -0.2) is 45.0 Å². The van der Waals surface area contributed by atoms with Gasteiger partial charge in [-0.1, -0.05) is 83.3 Å². The van der Waals surface area contributed by atoms with Crippen LogP contribution in [0.2, 0.25) is 0 Å². The van der Waals surface area contributed by atoms with Crippen LogP contribution < -0.4 is 10.6 Å². The lowest BCUT2D eigenvalue weighted by molar-refractivity contribution is 0.960. The van der Waals surface area contributed by atoms with Crippen LogP contribution in [0.3, 0.4) is 0 Å². The normalized spacial score (nSPS) is 10.9. The largest absolute Gasteiger partial charge is 0.360 e. The Hall–Kier alpha value is -2.49. The lowest BCUT2D eigenvalue weighted by atomic mass is 10.2. The summed E-state index contributed by atoms with van der Waals surface area (Å²) >= 11 is 5.24. The van der Waals surface area contributed by atoms with E-state index in [1.807, 2.05) is 23.9 Å². The molecule has 0 saturated carbocycles. The molecule has 4 rings (SSSR count). The number of hydrogen-bond donors (Lipinski definition) is 2. The quantitative estimate of drug-likeness (QED) is 0.232. The van der Waals surface area contributed by atoms with E-state index in [0.717, 1.165) is 70.6 Å². The van der Waals surface area contributed by atoms with Crippen molar-refractivity contribution in [1.29, 1.82) is 0 Å². The molecule has 0 saturated heterocycles. The van der Waals surface area contributed by atoms with E-state index in [4.69, 9.17) is 0 Å². The Morgan fingerprint density at radius 2 is 1.03 bits per heavy atom. The molecule has 0 fully saturated rings. The minimum absolute atomic E-state index is 0.873. The first-order valence-electron chi connectivity index (χ1n) is 11.1. The van der Waals surface area contributed by atoms with E-state index in [0.29, 0.717) is 0 Å². The Balaban J connectivity index is 1.06. The van der Waals surface area contributed by atoms with Gasteiger partial charge in [0.25, 0.3) is 0 Å². The molecule has 0 unspecified atom stereocenters. The summed E-state index contributed by atoms with van der Waals surface area (Å²) in [6, 6.07) is 21.0. The van der Waals surface area contributed by atoms with Crippen LogP contribution in [-0.2, 0) is 25.7 Å². The molecule has 4 aromatic rings. The van der Waals surface area contributed by atoms with E-state index in [1.165, 1.54) is 11.1 Å². The molecule has 0 radical (unpaired) electrons. The molecule has 0 aliphatic heterocycles. The van der Waals surface area contributed by atoms with Gasteiger partial charge < -0.3 is 10.6 Å². The fraction of sp³-hybridized carbons (Fsp3) is 0.333. The lowest BCUT2D eigenvalue weighted by Crippen LogP contribution is -2.04. The summed E-state index contributed by atoms with van der Waals surface area (Å²) in [5.74, 6) is 2.08. The van der Waals surface area contributed by atoms with E-state index in [1.54, 1.807) is 22.7 Å². The number of benzene rings is 2. The van der Waals surface area contributed by atoms with Crippen molar-refractivity contribution in [2.24, 2.45) is 0 Å². The Kier molecular flexibility index (Phi) is 9.52. The standard InChI is InChI=1S/C24H28N6S3/c1-3-7-19(8-4-1)11-15-25-23-29-27-21(32-23)13-17-31-18-14-22-28-30-24(33-22)26-16-12-20-9-5-2-6-10-20/h1-10H,11-18H2,(H,25,29)(H,26,30). The van der Waals surface area contributed by atoms with Crippen LogP contribution in [0, 0.1) is 0 Å². The monoisotopic (exact) mass is 496 g/mol. The molecule has 0 atom stereocenters. The van der Waals surface area contributed by atoms with E-state index < -0.39 is 0 Å². The molecule has 0 spiro atoms. The third kappa shape index (κ3) is 8.42. The summed E-state index contributed by atoms with van der Waals surface area (Å²) in [5, 5.41) is 27.9. The number of aryl methyl sites for hydroxylation is 2. The number of hydrogen-bond acceptors (Lipinski definition) is 9. The fourth-order valence-electron chi connectivity index (χ4n) is 3.19. The minimum Gasteiger partial charge on any atom is -0.360 e. The van der Waals surface area contributed by atoms with E-state index >= 15 is 0 Å². The van der Waals surface area contributed by atoms with Gasteiger partial charge in [-0.2, -0.15) is 11.8 Å². The molecule has 6 nitrogen and oxygen atoms in total. The topological polar surface area (TPSA) is 75.6 Å². The number of nitrogens with one attached hydrogen (secondary N) is 2. The third-order valence-electron chi connectivity index (χ3n) is 4.92. The Labute approximate surface area is 207 Å². The molecule has 0 amide bonds. The number of rotatable bonds is 14. The van der Waals surface area contributed by atoms with Crippen LogP contribution >= 0.6 is 34.4 Å². The first-order valence-corrected chi connectivity index (χ1v) is 13.9. The molecular weight excluding hydrogens is 469 g/mol. The maximum Gasteiger partial charge on any atom is 0.205 e. The maximum absolute atomic E-state index is 4.32. The van der Waals surface area contributed by atoms with Crippen molar-refractivity contribution in [2.45, 2.75) is 25.7 Å². The first-order chi connectivity index (χ1) is 16.3. The van der Waals surface area contributed by atoms with E-state index in [2.05, 4.69) is 79.6 Å². The summed E-state index contributed by atoms with van der Waals surface area (Å²) in [7, 11) is 0. The van der Waals surface area contributed by atoms with Crippen LogP contribution in [0.25, 0.3) is 0 Å². The molecule has 33 heavy (non-hydrogen) atoms. The van der Waals surface area contributed by atoms with Crippen molar-refractivity contribution in [2.75, 3.05) is 35.2 Å². The van der Waals surface area contributed by atoms with Gasteiger partial charge in [0, 0.05) is 25.9 Å². The van der Waals surface area contributed by atoms with Crippen molar-refractivity contribution >= 4 is 44.7 Å². The molecule has 2 aromatic heterocycles. The van der Waals surface area contributed by atoms with Crippen LogP contribution in [0.15, 0.2) is 60.7 Å². The van der Waals surface area contributed by atoms with Gasteiger partial charge in [-0.3, -0.25) is 0 Å². The molecule has 0 bridgehead atoms. The summed E-state index contributed by atoms with van der Waals surface area (Å²) in [6.07, 6.45) is 3.87. The first kappa shape index (κ1) is 23.7. The summed E-state index contributed by atoms with van der Waals surface area (Å²) in [5.41, 5.74) is 2.66. The molecule has 2 aromatic carbocycles. The minimum atomic E-state index is 0.873. The molecule has 2 N–H and O–H groups in total. The van der Waals surface area contributed by atoms with Gasteiger partial charge in [-0.15, -0.1) is 20.4 Å². The summed E-state index contributed by atoms with van der Waals surface area (Å²) in [4.78, 5) is 0. The number of nitrogens with zero attached hydrogens (tertiary/aromatic N) is 4. The average molecular weight is 497 g/mol. The van der Waals surface area contributed by atoms with Gasteiger partial charge >= 0.3 is 0 Å². The van der Waals surface area contributed by atoms with Gasteiger partial charge in [-0.25, -0.2) is 0 Å². The molecule has 0 aliphatic carbocycles. The maximum atomic E-state index is 4.32. The van der Waals surface area contributed by atoms with Crippen molar-refractivity contribution in [3.8, 4) is 0 Å². The Morgan fingerprint density at radius 1 is 0.576 bits per heavy atom. The van der Waals surface area contributed by atoms with E-state index in [9.17, 15) is 0 Å². The van der Waals surface area contributed by atoms with Gasteiger partial charge in [0.1, 0.15) is 10.0 Å². The van der Waals surface area contributed by atoms with Gasteiger partial charge in [0.2, 0.25) is 10.3 Å². The zero-order valence-corrected chi connectivity index (χ0v) is 20.9. The van der Waals surface area contributed by atoms with Crippen molar-refractivity contribution < 1.29 is 0 Å². The third-order valence-corrected chi connectivity index (χ3v) is 7.79. The number of thioether (sulfide) groups is 1. The van der Waals surface area contributed by atoms with E-state index in [-0.39, 0.29) is 0 Å². The molecule has 0 aliphatic rings. The molecule has 9 heteroatoms. The predicted octanol–water partition coefficient (Wildman–Crippen LogP) is 5.22. The zero-order chi connectivity index (χ0) is 22.6. The highest BCUT2D eigenvalue weighted by molar-refractivity contribution is 7.99. The van der Waals surface area contributed by atoms with Crippen LogP contribution in [0.4, 0.5) is 10.3 Å². The second-order valence-electron chi connectivity index (χ2n) is 7.44. The Bertz CT molecular complexity index is 982. The Morgan fingerprint density at radius 3 is 1.48 bits per heavy atom. The number of anilines is 2. The highest BCUT2D eigenvalue weighted by atomic mass is 32.2. The van der Waals surface area contributed by atoms with Gasteiger partial charge in [0.15, 0.2) is 0 Å². The second kappa shape index (κ2) is 13.3. The van der Waals surface area contributed by atoms with Crippen LogP contribution in [0.1, 0.15) is 21.1 Å². The van der Waals surface area contributed by atoms with Crippen molar-refractivity contribution in [3.63, 3.8) is 0 Å². The molecule has 172 valence electrons. The van der Waals surface area contributed by atoms with Crippen molar-refractivity contribution in [1.82, 2.24) is 20.4 Å².